The van der Waals surface area contributed by atoms with Crippen LogP contribution < -0.4 is 11.1 Å². The molecule has 20 heavy (non-hydrogen) atoms. The summed E-state index contributed by atoms with van der Waals surface area (Å²) in [6.07, 6.45) is 7.65. The van der Waals surface area contributed by atoms with Crippen LogP contribution in [0, 0.1) is 6.92 Å². The molecule has 0 saturated heterocycles. The molecule has 0 unspecified atom stereocenters. The summed E-state index contributed by atoms with van der Waals surface area (Å²) in [7, 11) is 0. The van der Waals surface area contributed by atoms with Crippen LogP contribution in [0.3, 0.4) is 0 Å². The van der Waals surface area contributed by atoms with E-state index in [0.29, 0.717) is 12.1 Å². The summed E-state index contributed by atoms with van der Waals surface area (Å²) in [6.45, 7) is 3.74. The first kappa shape index (κ1) is 15.7. The topological polar surface area (TPSA) is 60.2 Å². The van der Waals surface area contributed by atoms with Gasteiger partial charge in [0.15, 0.2) is 0 Å². The lowest BCUT2D eigenvalue weighted by Crippen LogP contribution is -2.30. The lowest BCUT2D eigenvalue weighted by Gasteiger charge is -2.26. The maximum atomic E-state index is 5.90. The van der Waals surface area contributed by atoms with Crippen molar-refractivity contribution in [1.82, 2.24) is 4.98 Å². The van der Waals surface area contributed by atoms with Crippen LogP contribution >= 0.6 is 15.9 Å². The normalized spacial score (nSPS) is 22.8. The largest absolute Gasteiger partial charge is 0.378 e. The van der Waals surface area contributed by atoms with Crippen molar-refractivity contribution in [3.63, 3.8) is 0 Å². The third-order valence-corrected chi connectivity index (χ3v) is 4.77. The Morgan fingerprint density at radius 1 is 1.40 bits per heavy atom. The number of hydrogen-bond donors (Lipinski definition) is 2. The second-order valence-electron chi connectivity index (χ2n) is 5.48. The van der Waals surface area contributed by atoms with Crippen molar-refractivity contribution in [2.24, 2.45) is 5.73 Å². The van der Waals surface area contributed by atoms with Crippen molar-refractivity contribution in [2.45, 2.75) is 51.2 Å². The number of anilines is 1. The molecule has 5 heteroatoms. The summed E-state index contributed by atoms with van der Waals surface area (Å²) in [4.78, 5) is 4.32. The number of hydrogen-bond acceptors (Lipinski definition) is 4. The summed E-state index contributed by atoms with van der Waals surface area (Å²) in [5.41, 5.74) is 7.08. The molecule has 0 aliphatic heterocycles. The average molecular weight is 342 g/mol. The quantitative estimate of drug-likeness (QED) is 0.779. The monoisotopic (exact) mass is 341 g/mol. The molecule has 1 aliphatic carbocycles. The number of nitrogens with zero attached hydrogens (tertiary/aromatic N) is 1. The van der Waals surface area contributed by atoms with Crippen molar-refractivity contribution in [2.75, 3.05) is 18.5 Å². The lowest BCUT2D eigenvalue weighted by molar-refractivity contribution is 0.0251. The Kier molecular flexibility index (Phi) is 6.26. The molecule has 1 saturated carbocycles. The second-order valence-corrected chi connectivity index (χ2v) is 6.27. The molecule has 1 aliphatic rings. The minimum Gasteiger partial charge on any atom is -0.378 e. The number of halogens is 1. The fraction of sp³-hybridized carbons (Fsp3) is 0.667. The smallest absolute Gasteiger partial charge is 0.140 e. The SMILES string of the molecule is Cc1ccnc(NCCCOC2CCC(N)CC2)c1Br. The molecule has 1 heterocycles. The standard InChI is InChI=1S/C15H24BrN3O/c1-11-7-9-19-15(14(11)16)18-8-2-10-20-13-5-3-12(17)4-6-13/h7,9,12-13H,2-6,8,10,17H2,1H3,(H,18,19). The highest BCUT2D eigenvalue weighted by molar-refractivity contribution is 9.10. The van der Waals surface area contributed by atoms with Crippen molar-refractivity contribution in [3.05, 3.63) is 22.3 Å². The molecular weight excluding hydrogens is 318 g/mol. The van der Waals surface area contributed by atoms with E-state index in [0.717, 1.165) is 55.5 Å². The number of aromatic nitrogens is 1. The van der Waals surface area contributed by atoms with Gasteiger partial charge in [0.1, 0.15) is 5.82 Å². The van der Waals surface area contributed by atoms with Crippen LogP contribution in [0.15, 0.2) is 16.7 Å². The van der Waals surface area contributed by atoms with E-state index in [4.69, 9.17) is 10.5 Å². The maximum Gasteiger partial charge on any atom is 0.140 e. The summed E-state index contributed by atoms with van der Waals surface area (Å²) in [5.74, 6) is 0.911. The van der Waals surface area contributed by atoms with Crippen LogP contribution in [0.25, 0.3) is 0 Å². The first-order valence-electron chi connectivity index (χ1n) is 7.39. The van der Waals surface area contributed by atoms with Crippen LogP contribution in [-0.2, 0) is 4.74 Å². The van der Waals surface area contributed by atoms with E-state index in [1.165, 1.54) is 5.56 Å². The van der Waals surface area contributed by atoms with E-state index in [1.807, 2.05) is 12.3 Å². The molecule has 0 aromatic carbocycles. The molecule has 0 bridgehead atoms. The molecule has 0 radical (unpaired) electrons. The van der Waals surface area contributed by atoms with Gasteiger partial charge in [-0.15, -0.1) is 0 Å². The molecule has 1 aromatic heterocycles. The van der Waals surface area contributed by atoms with Gasteiger partial charge in [0.25, 0.3) is 0 Å². The van der Waals surface area contributed by atoms with Crippen LogP contribution in [0.2, 0.25) is 0 Å². The molecule has 3 N–H and O–H groups in total. The lowest BCUT2D eigenvalue weighted by atomic mass is 9.94. The minimum absolute atomic E-state index is 0.390. The number of aryl methyl sites for hydroxylation is 1. The van der Waals surface area contributed by atoms with E-state index < -0.39 is 0 Å². The summed E-state index contributed by atoms with van der Waals surface area (Å²) in [5, 5.41) is 3.34. The van der Waals surface area contributed by atoms with Gasteiger partial charge < -0.3 is 15.8 Å². The third-order valence-electron chi connectivity index (χ3n) is 3.77. The average Bonchev–Trinajstić information content (AvgIpc) is 2.45. The van der Waals surface area contributed by atoms with Gasteiger partial charge >= 0.3 is 0 Å². The Hall–Kier alpha value is -0.650. The Bertz CT molecular complexity index is 420. The summed E-state index contributed by atoms with van der Waals surface area (Å²) in [6, 6.07) is 2.38. The zero-order chi connectivity index (χ0) is 14.4. The van der Waals surface area contributed by atoms with Crippen LogP contribution in [-0.4, -0.2) is 30.3 Å². The Balaban J connectivity index is 1.61. The number of nitrogens with two attached hydrogens (primary N) is 1. The first-order valence-corrected chi connectivity index (χ1v) is 8.18. The summed E-state index contributed by atoms with van der Waals surface area (Å²) < 4.78 is 6.94. The second kappa shape index (κ2) is 7.96. The minimum atomic E-state index is 0.390. The van der Waals surface area contributed by atoms with Gasteiger partial charge in [0.2, 0.25) is 0 Å². The molecule has 0 atom stereocenters. The first-order chi connectivity index (χ1) is 9.66. The van der Waals surface area contributed by atoms with E-state index in [1.54, 1.807) is 0 Å². The highest BCUT2D eigenvalue weighted by Gasteiger charge is 2.18. The van der Waals surface area contributed by atoms with Crippen LogP contribution in [0.1, 0.15) is 37.7 Å². The van der Waals surface area contributed by atoms with Gasteiger partial charge in [-0.3, -0.25) is 0 Å². The van der Waals surface area contributed by atoms with Crippen LogP contribution in [0.5, 0.6) is 0 Å². The number of nitrogens with one attached hydrogen (secondary N) is 1. The Morgan fingerprint density at radius 2 is 2.15 bits per heavy atom. The van der Waals surface area contributed by atoms with Crippen molar-refractivity contribution in [3.8, 4) is 0 Å². The Labute approximate surface area is 129 Å². The zero-order valence-electron chi connectivity index (χ0n) is 12.1. The third kappa shape index (κ3) is 4.72. The maximum absolute atomic E-state index is 5.90. The number of rotatable bonds is 6. The van der Waals surface area contributed by atoms with Gasteiger partial charge in [-0.2, -0.15) is 0 Å². The zero-order valence-corrected chi connectivity index (χ0v) is 13.7. The van der Waals surface area contributed by atoms with E-state index in [2.05, 4.69) is 33.2 Å². The van der Waals surface area contributed by atoms with Crippen molar-refractivity contribution >= 4 is 21.7 Å². The van der Waals surface area contributed by atoms with Gasteiger partial charge in [-0.05, 0) is 66.6 Å². The summed E-state index contributed by atoms with van der Waals surface area (Å²) >= 11 is 3.55. The van der Waals surface area contributed by atoms with Crippen molar-refractivity contribution in [1.29, 1.82) is 0 Å². The van der Waals surface area contributed by atoms with Gasteiger partial charge in [0.05, 0.1) is 10.6 Å². The van der Waals surface area contributed by atoms with Crippen molar-refractivity contribution < 1.29 is 4.74 Å². The van der Waals surface area contributed by atoms with E-state index in [9.17, 15) is 0 Å². The molecule has 4 nitrogen and oxygen atoms in total. The predicted octanol–water partition coefficient (Wildman–Crippen LogP) is 3.24. The fourth-order valence-electron chi connectivity index (χ4n) is 2.45. The molecular formula is C15H24BrN3O. The van der Waals surface area contributed by atoms with Gasteiger partial charge in [-0.1, -0.05) is 0 Å². The predicted molar refractivity (Wildman–Crippen MR) is 86.0 cm³/mol. The van der Waals surface area contributed by atoms with Gasteiger partial charge in [-0.25, -0.2) is 4.98 Å². The highest BCUT2D eigenvalue weighted by Crippen LogP contribution is 2.23. The van der Waals surface area contributed by atoms with Gasteiger partial charge in [0, 0.05) is 25.4 Å². The number of ether oxygens (including phenoxy) is 1. The molecule has 0 amide bonds. The van der Waals surface area contributed by atoms with E-state index in [-0.39, 0.29) is 0 Å². The Morgan fingerprint density at radius 3 is 2.90 bits per heavy atom. The molecule has 1 fully saturated rings. The molecule has 112 valence electrons. The highest BCUT2D eigenvalue weighted by atomic mass is 79.9. The number of pyridine rings is 1. The molecule has 1 aromatic rings. The van der Waals surface area contributed by atoms with Crippen LogP contribution in [0.4, 0.5) is 5.82 Å². The molecule has 0 spiro atoms. The molecule has 2 rings (SSSR count). The van der Waals surface area contributed by atoms with E-state index >= 15 is 0 Å². The fourth-order valence-corrected chi connectivity index (χ4v) is 2.82.